The standard InChI is InChI=1S/C19H23N5O3S/c1-22(2)28(25,26)14-16-12-27-13-18(16)23-10-8-20-19(23)15-5-3-6-17(11-15)24-9-4-7-21-24/h3-11,16,18H,12-14H2,1-2H3/t16-,18-/m1/s1. The molecule has 28 heavy (non-hydrogen) atoms. The molecule has 2 aromatic heterocycles. The van der Waals surface area contributed by atoms with Gasteiger partial charge in [-0.3, -0.25) is 0 Å². The van der Waals surface area contributed by atoms with Crippen LogP contribution in [0, 0.1) is 5.92 Å². The quantitative estimate of drug-likeness (QED) is 0.629. The number of sulfonamides is 1. The zero-order valence-electron chi connectivity index (χ0n) is 15.8. The van der Waals surface area contributed by atoms with Crippen molar-refractivity contribution >= 4 is 10.0 Å². The fourth-order valence-corrected chi connectivity index (χ4v) is 4.64. The van der Waals surface area contributed by atoms with E-state index < -0.39 is 10.0 Å². The zero-order chi connectivity index (χ0) is 19.7. The third-order valence-corrected chi connectivity index (χ3v) is 7.01. The van der Waals surface area contributed by atoms with Gasteiger partial charge in [0.2, 0.25) is 10.0 Å². The van der Waals surface area contributed by atoms with Gasteiger partial charge in [-0.05, 0) is 18.2 Å². The highest BCUT2D eigenvalue weighted by molar-refractivity contribution is 7.89. The van der Waals surface area contributed by atoms with Crippen molar-refractivity contribution in [2.45, 2.75) is 6.04 Å². The van der Waals surface area contributed by atoms with Crippen molar-refractivity contribution in [2.75, 3.05) is 33.1 Å². The number of ether oxygens (including phenoxy) is 1. The molecule has 3 aromatic rings. The van der Waals surface area contributed by atoms with E-state index in [4.69, 9.17) is 4.74 Å². The molecule has 0 radical (unpaired) electrons. The van der Waals surface area contributed by atoms with Gasteiger partial charge in [0.1, 0.15) is 5.82 Å². The first kappa shape index (κ1) is 18.9. The van der Waals surface area contributed by atoms with Gasteiger partial charge in [-0.15, -0.1) is 0 Å². The number of hydrogen-bond acceptors (Lipinski definition) is 5. The van der Waals surface area contributed by atoms with Crippen LogP contribution in [0.1, 0.15) is 6.04 Å². The lowest BCUT2D eigenvalue weighted by Crippen LogP contribution is -2.32. The molecule has 1 aliphatic rings. The van der Waals surface area contributed by atoms with E-state index in [-0.39, 0.29) is 17.7 Å². The van der Waals surface area contributed by atoms with Gasteiger partial charge in [-0.2, -0.15) is 5.10 Å². The number of hydrogen-bond donors (Lipinski definition) is 0. The molecular formula is C19H23N5O3S. The van der Waals surface area contributed by atoms with Crippen LogP contribution < -0.4 is 0 Å². The molecule has 0 bridgehead atoms. The summed E-state index contributed by atoms with van der Waals surface area (Å²) in [5.41, 5.74) is 1.88. The van der Waals surface area contributed by atoms with Gasteiger partial charge in [-0.25, -0.2) is 22.4 Å². The summed E-state index contributed by atoms with van der Waals surface area (Å²) in [5.74, 6) is 0.710. The third kappa shape index (κ3) is 3.60. The van der Waals surface area contributed by atoms with Gasteiger partial charge < -0.3 is 9.30 Å². The van der Waals surface area contributed by atoms with Crippen molar-refractivity contribution in [3.05, 3.63) is 55.1 Å². The van der Waals surface area contributed by atoms with Crippen molar-refractivity contribution in [1.82, 2.24) is 23.6 Å². The van der Waals surface area contributed by atoms with E-state index in [9.17, 15) is 8.42 Å². The van der Waals surface area contributed by atoms with Crippen LogP contribution in [0.15, 0.2) is 55.1 Å². The van der Waals surface area contributed by atoms with Gasteiger partial charge in [0.25, 0.3) is 0 Å². The molecule has 1 aliphatic heterocycles. The lowest BCUT2D eigenvalue weighted by molar-refractivity contribution is 0.182. The van der Waals surface area contributed by atoms with E-state index >= 15 is 0 Å². The monoisotopic (exact) mass is 401 g/mol. The molecule has 8 nitrogen and oxygen atoms in total. The summed E-state index contributed by atoms with van der Waals surface area (Å²) >= 11 is 0. The molecule has 0 spiro atoms. The molecule has 0 N–H and O–H groups in total. The molecule has 1 saturated heterocycles. The summed E-state index contributed by atoms with van der Waals surface area (Å²) in [6, 6.07) is 9.75. The zero-order valence-corrected chi connectivity index (χ0v) is 16.7. The van der Waals surface area contributed by atoms with Gasteiger partial charge >= 0.3 is 0 Å². The average molecular weight is 401 g/mol. The molecule has 1 fully saturated rings. The van der Waals surface area contributed by atoms with Crippen LogP contribution in [0.4, 0.5) is 0 Å². The lowest BCUT2D eigenvalue weighted by Gasteiger charge is -2.22. The maximum absolute atomic E-state index is 12.4. The van der Waals surface area contributed by atoms with E-state index in [2.05, 4.69) is 10.1 Å². The van der Waals surface area contributed by atoms with Crippen LogP contribution in [0.2, 0.25) is 0 Å². The number of benzene rings is 1. The first-order chi connectivity index (χ1) is 13.5. The fourth-order valence-electron chi connectivity index (χ4n) is 3.49. The van der Waals surface area contributed by atoms with E-state index in [1.807, 2.05) is 47.3 Å². The summed E-state index contributed by atoms with van der Waals surface area (Å²) in [7, 11) is -0.193. The van der Waals surface area contributed by atoms with Crippen LogP contribution in [0.25, 0.3) is 17.1 Å². The minimum Gasteiger partial charge on any atom is -0.379 e. The summed E-state index contributed by atoms with van der Waals surface area (Å²) in [5, 5.41) is 4.28. The highest BCUT2D eigenvalue weighted by Gasteiger charge is 2.35. The predicted molar refractivity (Wildman–Crippen MR) is 106 cm³/mol. The Hall–Kier alpha value is -2.49. The van der Waals surface area contributed by atoms with Crippen molar-refractivity contribution in [3.63, 3.8) is 0 Å². The fraction of sp³-hybridized carbons (Fsp3) is 0.368. The minimum atomic E-state index is -3.31. The maximum atomic E-state index is 12.4. The molecule has 9 heteroatoms. The second kappa shape index (κ2) is 7.50. The Morgan fingerprint density at radius 3 is 2.79 bits per heavy atom. The Balaban J connectivity index is 1.65. The molecule has 0 amide bonds. The van der Waals surface area contributed by atoms with Crippen LogP contribution in [0.5, 0.6) is 0 Å². The first-order valence-corrected chi connectivity index (χ1v) is 10.7. The molecule has 1 aromatic carbocycles. The maximum Gasteiger partial charge on any atom is 0.214 e. The highest BCUT2D eigenvalue weighted by Crippen LogP contribution is 2.32. The molecule has 0 saturated carbocycles. The van der Waals surface area contributed by atoms with Crippen molar-refractivity contribution < 1.29 is 13.2 Å². The normalized spacial score (nSPS) is 20.1. The van der Waals surface area contributed by atoms with Crippen LogP contribution in [-0.2, 0) is 14.8 Å². The summed E-state index contributed by atoms with van der Waals surface area (Å²) in [6.45, 7) is 0.887. The Bertz CT molecular complexity index is 1040. The second-order valence-corrected chi connectivity index (χ2v) is 9.31. The third-order valence-electron chi connectivity index (χ3n) is 5.04. The highest BCUT2D eigenvalue weighted by atomic mass is 32.2. The molecule has 148 valence electrons. The molecule has 0 aliphatic carbocycles. The van der Waals surface area contributed by atoms with Crippen molar-refractivity contribution in [1.29, 1.82) is 0 Å². The van der Waals surface area contributed by atoms with Gasteiger partial charge in [0.15, 0.2) is 0 Å². The largest absolute Gasteiger partial charge is 0.379 e. The predicted octanol–water partition coefficient (Wildman–Crippen LogP) is 1.81. The molecule has 2 atom stereocenters. The minimum absolute atomic E-state index is 0.0512. The Morgan fingerprint density at radius 1 is 1.18 bits per heavy atom. The number of aromatic nitrogens is 4. The van der Waals surface area contributed by atoms with E-state index in [1.165, 1.54) is 4.31 Å². The van der Waals surface area contributed by atoms with Crippen LogP contribution in [-0.4, -0.2) is 65.1 Å². The summed E-state index contributed by atoms with van der Waals surface area (Å²) < 4.78 is 35.5. The lowest BCUT2D eigenvalue weighted by atomic mass is 10.1. The van der Waals surface area contributed by atoms with E-state index in [1.54, 1.807) is 31.2 Å². The van der Waals surface area contributed by atoms with Crippen LogP contribution in [0.3, 0.4) is 0 Å². The van der Waals surface area contributed by atoms with E-state index in [0.29, 0.717) is 13.2 Å². The Morgan fingerprint density at radius 2 is 2.04 bits per heavy atom. The second-order valence-electron chi connectivity index (χ2n) is 7.08. The first-order valence-electron chi connectivity index (χ1n) is 9.07. The number of rotatable bonds is 6. The molecular weight excluding hydrogens is 378 g/mol. The molecule has 0 unspecified atom stereocenters. The summed E-state index contributed by atoms with van der Waals surface area (Å²) in [4.78, 5) is 4.54. The van der Waals surface area contributed by atoms with Crippen molar-refractivity contribution in [2.24, 2.45) is 5.92 Å². The average Bonchev–Trinajstić information content (AvgIpc) is 3.42. The summed E-state index contributed by atoms with van der Waals surface area (Å²) in [6.07, 6.45) is 7.26. The topological polar surface area (TPSA) is 82.3 Å². The van der Waals surface area contributed by atoms with Crippen LogP contribution >= 0.6 is 0 Å². The smallest absolute Gasteiger partial charge is 0.214 e. The van der Waals surface area contributed by atoms with Gasteiger partial charge in [-0.1, -0.05) is 12.1 Å². The Labute approximate surface area is 164 Å². The number of nitrogens with zero attached hydrogens (tertiary/aromatic N) is 5. The SMILES string of the molecule is CN(C)S(=O)(=O)C[C@H]1COC[C@H]1n1ccnc1-c1cccc(-n2cccn2)c1. The molecule has 4 rings (SSSR count). The number of imidazole rings is 1. The molecule has 3 heterocycles. The Kier molecular flexibility index (Phi) is 5.05. The van der Waals surface area contributed by atoms with Gasteiger partial charge in [0.05, 0.1) is 30.7 Å². The van der Waals surface area contributed by atoms with Crippen molar-refractivity contribution in [3.8, 4) is 17.1 Å². The van der Waals surface area contributed by atoms with Gasteiger partial charge in [0, 0.05) is 50.4 Å². The van der Waals surface area contributed by atoms with E-state index in [0.717, 1.165) is 17.1 Å².